The predicted molar refractivity (Wildman–Crippen MR) is 130 cm³/mol. The number of methoxy groups -OCH3 is 1. The first kappa shape index (κ1) is 25.5. The third-order valence-corrected chi connectivity index (χ3v) is 6.93. The van der Waals surface area contributed by atoms with Gasteiger partial charge in [-0.05, 0) is 80.6 Å². The van der Waals surface area contributed by atoms with Gasteiger partial charge in [-0.1, -0.05) is 32.0 Å². The number of furan rings is 1. The molecular weight excluding hydrogens is 457 g/mol. The molecule has 0 bridgehead atoms. The Kier molecular flexibility index (Phi) is 7.43. The highest BCUT2D eigenvalue weighted by atomic mass is 19.4. The van der Waals surface area contributed by atoms with E-state index in [1.165, 1.54) is 24.8 Å². The Bertz CT molecular complexity index is 1180. The minimum atomic E-state index is -4.61. The van der Waals surface area contributed by atoms with Crippen LogP contribution in [0, 0.1) is 5.92 Å². The fraction of sp³-hybridized carbons (Fsp3) is 0.519. The van der Waals surface area contributed by atoms with Gasteiger partial charge in [-0.2, -0.15) is 13.2 Å². The van der Waals surface area contributed by atoms with Crippen molar-refractivity contribution in [2.24, 2.45) is 5.92 Å². The van der Waals surface area contributed by atoms with Crippen LogP contribution in [-0.2, 0) is 9.53 Å². The van der Waals surface area contributed by atoms with E-state index in [0.717, 1.165) is 36.7 Å². The molecule has 4 rings (SSSR count). The minimum Gasteiger partial charge on any atom is -0.468 e. The maximum Gasteiger partial charge on any atom is 0.407 e. The number of ether oxygens (including phenoxy) is 1. The molecule has 3 aromatic rings. The van der Waals surface area contributed by atoms with Crippen molar-refractivity contribution in [2.75, 3.05) is 27.2 Å². The third-order valence-electron chi connectivity index (χ3n) is 6.93. The number of carbonyl (C=O) groups is 1. The maximum atomic E-state index is 14.1. The van der Waals surface area contributed by atoms with Gasteiger partial charge in [-0.3, -0.25) is 10.1 Å². The SMILES string of the molecule is COC(=O)[C@H](CC(C)C)NC(c1ccc2c(c1)oc1ccc(C3CCN(C)CC3)cc12)C(F)(F)F. The lowest BCUT2D eigenvalue weighted by atomic mass is 9.89. The monoisotopic (exact) mass is 490 g/mol. The summed E-state index contributed by atoms with van der Waals surface area (Å²) in [7, 11) is 3.31. The van der Waals surface area contributed by atoms with E-state index in [4.69, 9.17) is 9.15 Å². The quantitative estimate of drug-likeness (QED) is 0.401. The number of esters is 1. The van der Waals surface area contributed by atoms with Crippen molar-refractivity contribution in [3.8, 4) is 0 Å². The molecule has 0 saturated carbocycles. The molecule has 1 unspecified atom stereocenters. The van der Waals surface area contributed by atoms with E-state index in [9.17, 15) is 18.0 Å². The molecule has 0 radical (unpaired) electrons. The van der Waals surface area contributed by atoms with Crippen LogP contribution in [0.1, 0.15) is 56.2 Å². The number of benzene rings is 2. The van der Waals surface area contributed by atoms with Crippen LogP contribution >= 0.6 is 0 Å². The summed E-state index contributed by atoms with van der Waals surface area (Å²) in [5.41, 5.74) is 2.28. The maximum absolute atomic E-state index is 14.1. The zero-order chi connectivity index (χ0) is 25.3. The van der Waals surface area contributed by atoms with Gasteiger partial charge in [0, 0.05) is 10.8 Å². The summed E-state index contributed by atoms with van der Waals surface area (Å²) in [6, 6.07) is 7.57. The van der Waals surface area contributed by atoms with Gasteiger partial charge in [0.05, 0.1) is 7.11 Å². The van der Waals surface area contributed by atoms with Crippen LogP contribution in [0.25, 0.3) is 21.9 Å². The molecule has 8 heteroatoms. The minimum absolute atomic E-state index is 0.00254. The standard InChI is InChI=1S/C27H33F3N2O3/c1-16(2)13-22(26(33)34-4)31-25(27(28,29)30)19-5-7-20-21-14-18(17-9-11-32(3)12-10-17)6-8-23(21)35-24(20)15-19/h5-8,14-17,22,25,31H,9-13H2,1-4H3/t22-,25?/m0/s1. The van der Waals surface area contributed by atoms with E-state index in [0.29, 0.717) is 17.1 Å². The summed E-state index contributed by atoms with van der Waals surface area (Å²) in [4.78, 5) is 14.5. The van der Waals surface area contributed by atoms with Gasteiger partial charge in [0.25, 0.3) is 0 Å². The van der Waals surface area contributed by atoms with Gasteiger partial charge >= 0.3 is 12.1 Å². The molecule has 1 N–H and O–H groups in total. The Labute approximate surface area is 203 Å². The zero-order valence-corrected chi connectivity index (χ0v) is 20.6. The van der Waals surface area contributed by atoms with Crippen molar-refractivity contribution in [3.05, 3.63) is 47.5 Å². The number of piperidine rings is 1. The zero-order valence-electron chi connectivity index (χ0n) is 20.6. The molecule has 2 atom stereocenters. The molecular formula is C27H33F3N2O3. The molecule has 0 aliphatic carbocycles. The van der Waals surface area contributed by atoms with Gasteiger partial charge in [-0.25, -0.2) is 0 Å². The molecule has 1 fully saturated rings. The van der Waals surface area contributed by atoms with E-state index < -0.39 is 24.2 Å². The van der Waals surface area contributed by atoms with Crippen molar-refractivity contribution < 1.29 is 27.1 Å². The molecule has 5 nitrogen and oxygen atoms in total. The molecule has 35 heavy (non-hydrogen) atoms. The number of alkyl halides is 3. The Morgan fingerprint density at radius 2 is 1.83 bits per heavy atom. The smallest absolute Gasteiger partial charge is 0.407 e. The Morgan fingerprint density at radius 1 is 1.11 bits per heavy atom. The number of carbonyl (C=O) groups excluding carboxylic acids is 1. The summed E-state index contributed by atoms with van der Waals surface area (Å²) < 4.78 is 53.0. The lowest BCUT2D eigenvalue weighted by Gasteiger charge is -2.29. The number of halogens is 3. The Morgan fingerprint density at radius 3 is 2.46 bits per heavy atom. The molecule has 2 aromatic carbocycles. The summed E-state index contributed by atoms with van der Waals surface area (Å²) in [5, 5.41) is 4.19. The lowest BCUT2D eigenvalue weighted by Crippen LogP contribution is -2.45. The summed E-state index contributed by atoms with van der Waals surface area (Å²) in [6.07, 6.45) is -2.21. The third kappa shape index (κ3) is 5.64. The predicted octanol–water partition coefficient (Wildman–Crippen LogP) is 6.18. The van der Waals surface area contributed by atoms with Crippen LogP contribution < -0.4 is 5.32 Å². The van der Waals surface area contributed by atoms with Gasteiger partial charge in [0.2, 0.25) is 0 Å². The molecule has 1 saturated heterocycles. The number of fused-ring (bicyclic) bond motifs is 3. The fourth-order valence-corrected chi connectivity index (χ4v) is 5.01. The number of hydrogen-bond donors (Lipinski definition) is 1. The highest BCUT2D eigenvalue weighted by molar-refractivity contribution is 6.05. The Balaban J connectivity index is 1.68. The van der Waals surface area contributed by atoms with Gasteiger partial charge in [-0.15, -0.1) is 0 Å². The van der Waals surface area contributed by atoms with E-state index in [1.54, 1.807) is 6.07 Å². The number of hydrogen-bond acceptors (Lipinski definition) is 5. The number of nitrogens with one attached hydrogen (secondary N) is 1. The van der Waals surface area contributed by atoms with Gasteiger partial charge < -0.3 is 14.1 Å². The average molecular weight is 491 g/mol. The van der Waals surface area contributed by atoms with Crippen LogP contribution in [0.3, 0.4) is 0 Å². The normalized spacial score (nSPS) is 17.8. The summed E-state index contributed by atoms with van der Waals surface area (Å²) >= 11 is 0. The van der Waals surface area contributed by atoms with Crippen molar-refractivity contribution >= 4 is 27.9 Å². The highest BCUT2D eigenvalue weighted by Crippen LogP contribution is 2.38. The summed E-state index contributed by atoms with van der Waals surface area (Å²) in [6.45, 7) is 5.79. The second-order valence-corrected chi connectivity index (χ2v) is 10.0. The molecule has 0 spiro atoms. The number of likely N-dealkylation sites (tertiary alicyclic amines) is 1. The van der Waals surface area contributed by atoms with Crippen molar-refractivity contribution in [2.45, 2.75) is 57.3 Å². The second-order valence-electron chi connectivity index (χ2n) is 10.0. The average Bonchev–Trinajstić information content (AvgIpc) is 3.17. The molecule has 190 valence electrons. The fourth-order valence-electron chi connectivity index (χ4n) is 5.01. The highest BCUT2D eigenvalue weighted by Gasteiger charge is 2.43. The van der Waals surface area contributed by atoms with E-state index in [2.05, 4.69) is 29.4 Å². The van der Waals surface area contributed by atoms with Crippen LogP contribution in [0.2, 0.25) is 0 Å². The lowest BCUT2D eigenvalue weighted by molar-refractivity contribution is -0.164. The molecule has 1 aliphatic heterocycles. The summed E-state index contributed by atoms with van der Waals surface area (Å²) in [5.74, 6) is -0.230. The first-order valence-corrected chi connectivity index (χ1v) is 12.1. The topological polar surface area (TPSA) is 54.7 Å². The number of rotatable bonds is 7. The molecule has 0 amide bonds. The second kappa shape index (κ2) is 10.2. The van der Waals surface area contributed by atoms with E-state index in [1.807, 2.05) is 19.9 Å². The Hall–Kier alpha value is -2.58. The van der Waals surface area contributed by atoms with Gasteiger partial charge in [0.15, 0.2) is 0 Å². The largest absolute Gasteiger partial charge is 0.468 e. The first-order valence-electron chi connectivity index (χ1n) is 12.1. The van der Waals surface area contributed by atoms with Crippen molar-refractivity contribution in [1.29, 1.82) is 0 Å². The first-order chi connectivity index (χ1) is 16.6. The van der Waals surface area contributed by atoms with Gasteiger partial charge in [0.1, 0.15) is 23.2 Å². The van der Waals surface area contributed by atoms with E-state index in [-0.39, 0.29) is 17.9 Å². The van der Waals surface area contributed by atoms with Crippen LogP contribution in [0.15, 0.2) is 40.8 Å². The van der Waals surface area contributed by atoms with E-state index >= 15 is 0 Å². The molecule has 1 aromatic heterocycles. The van der Waals surface area contributed by atoms with Crippen molar-refractivity contribution in [3.63, 3.8) is 0 Å². The van der Waals surface area contributed by atoms with Crippen LogP contribution in [-0.4, -0.2) is 50.3 Å². The van der Waals surface area contributed by atoms with Crippen LogP contribution in [0.5, 0.6) is 0 Å². The number of nitrogens with zero attached hydrogens (tertiary/aromatic N) is 1. The molecule has 1 aliphatic rings. The molecule has 2 heterocycles. The van der Waals surface area contributed by atoms with Crippen molar-refractivity contribution in [1.82, 2.24) is 10.2 Å². The van der Waals surface area contributed by atoms with Crippen LogP contribution in [0.4, 0.5) is 13.2 Å².